The van der Waals surface area contributed by atoms with Crippen molar-refractivity contribution in [2.75, 3.05) is 13.2 Å². The standard InChI is InChI=1S/C85H163NO5/c1-3-5-7-9-11-13-15-17-19-21-47-51-55-59-63-67-71-75-79-85(90)91-80-76-72-68-64-60-56-52-48-44-42-40-38-36-34-32-30-28-26-24-22-23-25-27-29-31-33-35-37-39-41-43-46-50-54-58-62-66-70-74-78-84(89)86-82(81-87)83(88)77-73-69-65-61-57-53-49-45-20-18-16-14-12-10-8-6-4-2/h19,21-23,26,28,82-83,87-88H,3-18,20,24-25,27,29-81H2,1-2H3,(H,86,89)/b21-19-,23-22-,28-26-. The van der Waals surface area contributed by atoms with Gasteiger partial charge in [-0.3, -0.25) is 9.59 Å². The molecule has 0 saturated carbocycles. The van der Waals surface area contributed by atoms with E-state index >= 15 is 0 Å². The molecule has 0 spiro atoms. The molecule has 0 fully saturated rings. The van der Waals surface area contributed by atoms with Crippen molar-refractivity contribution in [3.63, 3.8) is 0 Å². The molecule has 0 aromatic heterocycles. The Kier molecular flexibility index (Phi) is 78.8. The predicted molar refractivity (Wildman–Crippen MR) is 403 cm³/mol. The fourth-order valence-electron chi connectivity index (χ4n) is 13.3. The van der Waals surface area contributed by atoms with Crippen molar-refractivity contribution >= 4 is 11.9 Å². The summed E-state index contributed by atoms with van der Waals surface area (Å²) in [6, 6.07) is -0.540. The normalized spacial score (nSPS) is 12.6. The highest BCUT2D eigenvalue weighted by Crippen LogP contribution is 2.20. The number of carbonyl (C=O) groups excluding carboxylic acids is 2. The van der Waals surface area contributed by atoms with Crippen molar-refractivity contribution in [2.24, 2.45) is 0 Å². The fourth-order valence-corrected chi connectivity index (χ4v) is 13.3. The molecule has 1 amide bonds. The summed E-state index contributed by atoms with van der Waals surface area (Å²) in [5.74, 6) is -0.00946. The number of aliphatic hydroxyl groups is 2. The van der Waals surface area contributed by atoms with Crippen molar-refractivity contribution in [2.45, 2.75) is 482 Å². The Balaban J connectivity index is 3.34. The molecule has 0 radical (unpaired) electrons. The Bertz CT molecular complexity index is 1470. The van der Waals surface area contributed by atoms with Gasteiger partial charge in [-0.1, -0.05) is 410 Å². The van der Waals surface area contributed by atoms with E-state index in [1.807, 2.05) is 0 Å². The lowest BCUT2D eigenvalue weighted by Gasteiger charge is -2.22. The molecule has 6 nitrogen and oxygen atoms in total. The lowest BCUT2D eigenvalue weighted by Crippen LogP contribution is -2.45. The van der Waals surface area contributed by atoms with E-state index in [1.165, 1.54) is 385 Å². The summed E-state index contributed by atoms with van der Waals surface area (Å²) in [6.45, 7) is 5.00. The lowest BCUT2D eigenvalue weighted by atomic mass is 10.0. The van der Waals surface area contributed by atoms with E-state index in [-0.39, 0.29) is 18.5 Å². The van der Waals surface area contributed by atoms with E-state index in [9.17, 15) is 19.8 Å². The van der Waals surface area contributed by atoms with E-state index in [4.69, 9.17) is 4.74 Å². The van der Waals surface area contributed by atoms with Crippen LogP contribution in [0.1, 0.15) is 470 Å². The molecule has 0 saturated heterocycles. The third-order valence-corrected chi connectivity index (χ3v) is 19.7. The molecule has 0 rings (SSSR count). The number of rotatable bonds is 79. The van der Waals surface area contributed by atoms with Crippen LogP contribution in [0, 0.1) is 0 Å². The van der Waals surface area contributed by atoms with Crippen LogP contribution in [-0.4, -0.2) is 47.4 Å². The van der Waals surface area contributed by atoms with E-state index in [2.05, 4.69) is 55.6 Å². The predicted octanol–water partition coefficient (Wildman–Crippen LogP) is 27.8. The Labute approximate surface area is 570 Å². The molecule has 0 aliphatic heterocycles. The molecule has 6 heteroatoms. The van der Waals surface area contributed by atoms with Gasteiger partial charge in [0.25, 0.3) is 0 Å². The highest BCUT2D eigenvalue weighted by Gasteiger charge is 2.20. The van der Waals surface area contributed by atoms with Gasteiger partial charge in [0, 0.05) is 12.8 Å². The second-order valence-corrected chi connectivity index (χ2v) is 28.8. The highest BCUT2D eigenvalue weighted by atomic mass is 16.5. The molecule has 2 unspecified atom stereocenters. The first kappa shape index (κ1) is 89.1. The summed E-state index contributed by atoms with van der Waals surface area (Å²) in [7, 11) is 0. The summed E-state index contributed by atoms with van der Waals surface area (Å²) in [6.07, 6.45) is 105. The number of nitrogens with one attached hydrogen (secondary N) is 1. The molecule has 0 aromatic rings. The second kappa shape index (κ2) is 80.5. The van der Waals surface area contributed by atoms with Gasteiger partial charge >= 0.3 is 5.97 Å². The van der Waals surface area contributed by atoms with Crippen LogP contribution in [0.2, 0.25) is 0 Å². The van der Waals surface area contributed by atoms with Gasteiger partial charge in [0.15, 0.2) is 0 Å². The van der Waals surface area contributed by atoms with Crippen LogP contribution in [0.5, 0.6) is 0 Å². The van der Waals surface area contributed by atoms with E-state index in [0.717, 1.165) is 51.4 Å². The number of ether oxygens (including phenoxy) is 1. The molecule has 3 N–H and O–H groups in total. The molecule has 0 bridgehead atoms. The number of unbranched alkanes of at least 4 members (excludes halogenated alkanes) is 62. The van der Waals surface area contributed by atoms with Gasteiger partial charge in [-0.2, -0.15) is 0 Å². The zero-order valence-electron chi connectivity index (χ0n) is 61.9. The first-order valence-electron chi connectivity index (χ1n) is 41.7. The number of hydrogen-bond acceptors (Lipinski definition) is 5. The van der Waals surface area contributed by atoms with E-state index in [0.29, 0.717) is 25.9 Å². The van der Waals surface area contributed by atoms with Crippen molar-refractivity contribution in [1.82, 2.24) is 5.32 Å². The summed E-state index contributed by atoms with van der Waals surface area (Å²) in [4.78, 5) is 24.7. The first-order chi connectivity index (χ1) is 45.0. The van der Waals surface area contributed by atoms with Gasteiger partial charge in [0.2, 0.25) is 5.91 Å². The maximum absolute atomic E-state index is 12.5. The topological polar surface area (TPSA) is 95.9 Å². The summed E-state index contributed by atoms with van der Waals surface area (Å²) < 4.78 is 5.51. The Hall–Kier alpha value is -1.92. The summed E-state index contributed by atoms with van der Waals surface area (Å²) >= 11 is 0. The molecule has 538 valence electrons. The molecule has 2 atom stereocenters. The summed E-state index contributed by atoms with van der Waals surface area (Å²) in [5.41, 5.74) is 0. The number of amides is 1. The third kappa shape index (κ3) is 77.0. The Morgan fingerprint density at radius 3 is 0.846 bits per heavy atom. The zero-order chi connectivity index (χ0) is 65.6. The van der Waals surface area contributed by atoms with Crippen molar-refractivity contribution in [3.8, 4) is 0 Å². The average Bonchev–Trinajstić information content (AvgIpc) is 3.73. The number of hydrogen-bond donors (Lipinski definition) is 3. The molecular formula is C85H163NO5. The third-order valence-electron chi connectivity index (χ3n) is 19.7. The van der Waals surface area contributed by atoms with Crippen LogP contribution in [-0.2, 0) is 14.3 Å². The van der Waals surface area contributed by atoms with Crippen LogP contribution in [0.15, 0.2) is 36.5 Å². The average molecular weight is 1280 g/mol. The maximum atomic E-state index is 12.5. The van der Waals surface area contributed by atoms with Crippen LogP contribution in [0.3, 0.4) is 0 Å². The van der Waals surface area contributed by atoms with Gasteiger partial charge < -0.3 is 20.3 Å². The molecule has 0 aromatic carbocycles. The van der Waals surface area contributed by atoms with Gasteiger partial charge in [0.05, 0.1) is 25.4 Å². The maximum Gasteiger partial charge on any atom is 0.305 e. The van der Waals surface area contributed by atoms with Gasteiger partial charge in [-0.25, -0.2) is 0 Å². The van der Waals surface area contributed by atoms with E-state index in [1.54, 1.807) is 0 Å². The van der Waals surface area contributed by atoms with Crippen LogP contribution < -0.4 is 5.32 Å². The monoisotopic (exact) mass is 1280 g/mol. The van der Waals surface area contributed by atoms with Gasteiger partial charge in [0.1, 0.15) is 0 Å². The Morgan fingerprint density at radius 2 is 0.549 bits per heavy atom. The minimum absolute atomic E-state index is 0.0183. The fraction of sp³-hybridized carbons (Fsp3) is 0.906. The SMILES string of the molecule is CCCCCCCCC/C=C\CCCCCCCCCC(=O)OCCCCCCCCCCCCCCCCC/C=C\C/C=C\CCCCCCCCCCCCCCCCCCCC(=O)NC(CO)C(O)CCCCCCCCCCCCCCCCCCC. The number of esters is 1. The highest BCUT2D eigenvalue weighted by molar-refractivity contribution is 5.76. The first-order valence-corrected chi connectivity index (χ1v) is 41.7. The Morgan fingerprint density at radius 1 is 0.308 bits per heavy atom. The molecular weight excluding hydrogens is 1110 g/mol. The van der Waals surface area contributed by atoms with Gasteiger partial charge in [-0.05, 0) is 83.5 Å². The number of allylic oxidation sites excluding steroid dienone is 6. The molecule has 0 heterocycles. The van der Waals surface area contributed by atoms with E-state index < -0.39 is 12.1 Å². The molecule has 0 aliphatic rings. The smallest absolute Gasteiger partial charge is 0.305 e. The number of aliphatic hydroxyl groups excluding tert-OH is 2. The van der Waals surface area contributed by atoms with Crippen molar-refractivity contribution in [3.05, 3.63) is 36.5 Å². The number of carbonyl (C=O) groups is 2. The second-order valence-electron chi connectivity index (χ2n) is 28.8. The molecule has 91 heavy (non-hydrogen) atoms. The largest absolute Gasteiger partial charge is 0.466 e. The van der Waals surface area contributed by atoms with Crippen molar-refractivity contribution in [1.29, 1.82) is 0 Å². The van der Waals surface area contributed by atoms with Crippen LogP contribution in [0.25, 0.3) is 0 Å². The zero-order valence-corrected chi connectivity index (χ0v) is 61.9. The quantitative estimate of drug-likeness (QED) is 0.0320. The molecule has 0 aliphatic carbocycles. The summed E-state index contributed by atoms with van der Waals surface area (Å²) in [5, 5.41) is 23.4. The van der Waals surface area contributed by atoms with Gasteiger partial charge in [-0.15, -0.1) is 0 Å². The van der Waals surface area contributed by atoms with Crippen LogP contribution >= 0.6 is 0 Å². The van der Waals surface area contributed by atoms with Crippen LogP contribution in [0.4, 0.5) is 0 Å². The minimum atomic E-state index is -0.663. The van der Waals surface area contributed by atoms with Crippen molar-refractivity contribution < 1.29 is 24.5 Å². The minimum Gasteiger partial charge on any atom is -0.466 e. The lowest BCUT2D eigenvalue weighted by molar-refractivity contribution is -0.143.